The first kappa shape index (κ1) is 19.3. The molecule has 0 spiro atoms. The standard InChI is InChI=1S/C21H27N3O3/c25-21(12-6-4-10-19-9-3-5-11-20(19)24(26)27)23-15-13-22(14-16-23)17-18-7-1-2-8-18/h3-6,9-12,18H,1-2,7-8,13-17H2. The number of nitro benzene ring substituents is 1. The van der Waals surface area contributed by atoms with Crippen LogP contribution in [0, 0.1) is 16.0 Å². The van der Waals surface area contributed by atoms with Crippen molar-refractivity contribution in [2.75, 3.05) is 32.7 Å². The van der Waals surface area contributed by atoms with E-state index in [4.69, 9.17) is 0 Å². The summed E-state index contributed by atoms with van der Waals surface area (Å²) in [5, 5.41) is 11.0. The normalized spacial score (nSPS) is 19.3. The molecule has 1 aromatic carbocycles. The molecule has 0 atom stereocenters. The lowest BCUT2D eigenvalue weighted by atomic mass is 10.1. The molecule has 1 saturated carbocycles. The first-order valence-electron chi connectivity index (χ1n) is 9.73. The second-order valence-corrected chi connectivity index (χ2v) is 7.31. The first-order valence-corrected chi connectivity index (χ1v) is 9.73. The molecule has 0 radical (unpaired) electrons. The van der Waals surface area contributed by atoms with E-state index >= 15 is 0 Å². The van der Waals surface area contributed by atoms with Crippen LogP contribution in [0.1, 0.15) is 31.2 Å². The average molecular weight is 369 g/mol. The van der Waals surface area contributed by atoms with Crippen LogP contribution in [-0.4, -0.2) is 53.4 Å². The van der Waals surface area contributed by atoms with Gasteiger partial charge in [0.25, 0.3) is 5.69 Å². The number of rotatable bonds is 6. The molecule has 27 heavy (non-hydrogen) atoms. The van der Waals surface area contributed by atoms with Crippen LogP contribution in [0.5, 0.6) is 0 Å². The van der Waals surface area contributed by atoms with Crippen molar-refractivity contribution in [3.63, 3.8) is 0 Å². The molecule has 1 aromatic rings. The van der Waals surface area contributed by atoms with Crippen molar-refractivity contribution in [3.05, 3.63) is 58.2 Å². The third-order valence-electron chi connectivity index (χ3n) is 5.43. The number of benzene rings is 1. The number of nitro groups is 1. The van der Waals surface area contributed by atoms with Crippen molar-refractivity contribution in [2.45, 2.75) is 25.7 Å². The molecule has 1 aliphatic carbocycles. The van der Waals surface area contributed by atoms with Crippen molar-refractivity contribution >= 4 is 17.7 Å². The van der Waals surface area contributed by atoms with Crippen LogP contribution >= 0.6 is 0 Å². The van der Waals surface area contributed by atoms with Gasteiger partial charge in [-0.1, -0.05) is 37.1 Å². The molecular formula is C21H27N3O3. The zero-order valence-corrected chi connectivity index (χ0v) is 15.6. The molecule has 3 rings (SSSR count). The molecule has 0 N–H and O–H groups in total. The average Bonchev–Trinajstić information content (AvgIpc) is 3.19. The van der Waals surface area contributed by atoms with Crippen molar-refractivity contribution < 1.29 is 9.72 Å². The Bertz CT molecular complexity index is 715. The lowest BCUT2D eigenvalue weighted by Gasteiger charge is -2.35. The molecule has 6 nitrogen and oxygen atoms in total. The maximum absolute atomic E-state index is 12.3. The third kappa shape index (κ3) is 5.50. The largest absolute Gasteiger partial charge is 0.337 e. The summed E-state index contributed by atoms with van der Waals surface area (Å²) in [6.07, 6.45) is 12.0. The Morgan fingerprint density at radius 1 is 1.11 bits per heavy atom. The van der Waals surface area contributed by atoms with Gasteiger partial charge in [0.1, 0.15) is 0 Å². The Labute approximate surface area is 160 Å². The lowest BCUT2D eigenvalue weighted by Crippen LogP contribution is -2.49. The zero-order chi connectivity index (χ0) is 19.1. The fraction of sp³-hybridized carbons (Fsp3) is 0.476. The van der Waals surface area contributed by atoms with E-state index in [-0.39, 0.29) is 11.6 Å². The van der Waals surface area contributed by atoms with E-state index in [9.17, 15) is 14.9 Å². The van der Waals surface area contributed by atoms with Crippen LogP contribution in [0.25, 0.3) is 6.08 Å². The van der Waals surface area contributed by atoms with E-state index in [2.05, 4.69) is 4.90 Å². The lowest BCUT2D eigenvalue weighted by molar-refractivity contribution is -0.385. The molecule has 2 aliphatic rings. The van der Waals surface area contributed by atoms with Gasteiger partial charge < -0.3 is 4.90 Å². The van der Waals surface area contributed by atoms with Crippen molar-refractivity contribution in [1.82, 2.24) is 9.80 Å². The molecule has 2 fully saturated rings. The zero-order valence-electron chi connectivity index (χ0n) is 15.6. The van der Waals surface area contributed by atoms with Crippen molar-refractivity contribution in [1.29, 1.82) is 0 Å². The topological polar surface area (TPSA) is 66.7 Å². The van der Waals surface area contributed by atoms with Crippen LogP contribution in [0.15, 0.2) is 42.5 Å². The number of para-hydroxylation sites is 1. The van der Waals surface area contributed by atoms with Gasteiger partial charge in [-0.25, -0.2) is 0 Å². The summed E-state index contributed by atoms with van der Waals surface area (Å²) in [4.78, 5) is 27.3. The maximum Gasteiger partial charge on any atom is 0.276 e. The van der Waals surface area contributed by atoms with Gasteiger partial charge in [-0.3, -0.25) is 19.8 Å². The van der Waals surface area contributed by atoms with E-state index in [1.807, 2.05) is 4.90 Å². The smallest absolute Gasteiger partial charge is 0.276 e. The summed E-state index contributed by atoms with van der Waals surface area (Å²) < 4.78 is 0. The monoisotopic (exact) mass is 369 g/mol. The van der Waals surface area contributed by atoms with Gasteiger partial charge >= 0.3 is 0 Å². The summed E-state index contributed by atoms with van der Waals surface area (Å²) >= 11 is 0. The number of piperazine rings is 1. The first-order chi connectivity index (χ1) is 13.1. The van der Waals surface area contributed by atoms with E-state index in [0.717, 1.165) is 32.1 Å². The summed E-state index contributed by atoms with van der Waals surface area (Å²) in [6.45, 7) is 4.61. The minimum atomic E-state index is -0.403. The highest BCUT2D eigenvalue weighted by Gasteiger charge is 2.23. The number of carbonyl (C=O) groups excluding carboxylic acids is 1. The molecule has 144 valence electrons. The molecule has 1 amide bonds. The molecular weight excluding hydrogens is 342 g/mol. The Kier molecular flexibility index (Phi) is 6.76. The second kappa shape index (κ2) is 9.46. The minimum Gasteiger partial charge on any atom is -0.337 e. The van der Waals surface area contributed by atoms with Gasteiger partial charge in [0, 0.05) is 44.9 Å². The molecule has 0 aromatic heterocycles. The van der Waals surface area contributed by atoms with E-state index < -0.39 is 4.92 Å². The molecule has 1 heterocycles. The predicted molar refractivity (Wildman–Crippen MR) is 106 cm³/mol. The van der Waals surface area contributed by atoms with Crippen LogP contribution in [-0.2, 0) is 4.79 Å². The quantitative estimate of drug-likeness (QED) is 0.333. The van der Waals surface area contributed by atoms with Crippen LogP contribution in [0.3, 0.4) is 0 Å². The second-order valence-electron chi connectivity index (χ2n) is 7.31. The summed E-state index contributed by atoms with van der Waals surface area (Å²) in [5.41, 5.74) is 0.590. The van der Waals surface area contributed by atoms with Crippen LogP contribution in [0.4, 0.5) is 5.69 Å². The Morgan fingerprint density at radius 2 is 1.81 bits per heavy atom. The Hall–Kier alpha value is -2.47. The van der Waals surface area contributed by atoms with Gasteiger partial charge in [-0.05, 0) is 30.9 Å². The van der Waals surface area contributed by atoms with Crippen molar-refractivity contribution in [2.24, 2.45) is 5.92 Å². The number of allylic oxidation sites excluding steroid dienone is 2. The summed E-state index contributed by atoms with van der Waals surface area (Å²) in [5.74, 6) is 0.849. The van der Waals surface area contributed by atoms with Gasteiger partial charge in [0.2, 0.25) is 5.91 Å². The Morgan fingerprint density at radius 3 is 2.52 bits per heavy atom. The van der Waals surface area contributed by atoms with E-state index in [0.29, 0.717) is 5.56 Å². The van der Waals surface area contributed by atoms with Gasteiger partial charge in [-0.2, -0.15) is 0 Å². The van der Waals surface area contributed by atoms with Gasteiger partial charge in [0.15, 0.2) is 0 Å². The van der Waals surface area contributed by atoms with Crippen LogP contribution < -0.4 is 0 Å². The number of carbonyl (C=O) groups is 1. The Balaban J connectivity index is 1.46. The number of nitrogens with zero attached hydrogens (tertiary/aromatic N) is 3. The highest BCUT2D eigenvalue weighted by Crippen LogP contribution is 2.25. The molecule has 1 aliphatic heterocycles. The summed E-state index contributed by atoms with van der Waals surface area (Å²) in [6, 6.07) is 6.56. The highest BCUT2D eigenvalue weighted by molar-refractivity contribution is 5.88. The molecule has 0 bridgehead atoms. The predicted octanol–water partition coefficient (Wildman–Crippen LogP) is 3.50. The fourth-order valence-corrected chi connectivity index (χ4v) is 3.91. The SMILES string of the molecule is O=C(C=CC=Cc1ccccc1[N+](=O)[O-])N1CCN(CC2CCCC2)CC1. The van der Waals surface area contributed by atoms with Crippen molar-refractivity contribution in [3.8, 4) is 0 Å². The minimum absolute atomic E-state index is 0.00253. The molecule has 6 heteroatoms. The molecule has 0 unspecified atom stereocenters. The highest BCUT2D eigenvalue weighted by atomic mass is 16.6. The van der Waals surface area contributed by atoms with Gasteiger partial charge in [-0.15, -0.1) is 0 Å². The molecule has 1 saturated heterocycles. The van der Waals surface area contributed by atoms with E-state index in [1.165, 1.54) is 44.4 Å². The summed E-state index contributed by atoms with van der Waals surface area (Å²) in [7, 11) is 0. The number of hydrogen-bond donors (Lipinski definition) is 0. The van der Waals surface area contributed by atoms with Crippen LogP contribution in [0.2, 0.25) is 0 Å². The number of hydrogen-bond acceptors (Lipinski definition) is 4. The number of amides is 1. The third-order valence-corrected chi connectivity index (χ3v) is 5.43. The van der Waals surface area contributed by atoms with Gasteiger partial charge in [0.05, 0.1) is 10.5 Å². The van der Waals surface area contributed by atoms with E-state index in [1.54, 1.807) is 36.4 Å². The fourth-order valence-electron chi connectivity index (χ4n) is 3.91. The maximum atomic E-state index is 12.3.